The van der Waals surface area contributed by atoms with E-state index in [0.717, 1.165) is 32.4 Å². The van der Waals surface area contributed by atoms with Gasteiger partial charge in [-0.05, 0) is 85.4 Å². The smallest absolute Gasteiger partial charge is 0.323 e. The lowest BCUT2D eigenvalue weighted by molar-refractivity contribution is -0.385. The molecule has 12 heteroatoms. The number of ether oxygens (including phenoxy) is 3. The summed E-state index contributed by atoms with van der Waals surface area (Å²) < 4.78 is 17.5. The molecule has 2 heterocycles. The Morgan fingerprint density at radius 1 is 0.673 bits per heavy atom. The van der Waals surface area contributed by atoms with Gasteiger partial charge in [0.15, 0.2) is 0 Å². The third kappa shape index (κ3) is 8.40. The van der Waals surface area contributed by atoms with E-state index < -0.39 is 15.9 Å². The summed E-state index contributed by atoms with van der Waals surface area (Å²) in [5.41, 5.74) is 4.87. The predicted molar refractivity (Wildman–Crippen MR) is 183 cm³/mol. The highest BCUT2D eigenvalue weighted by Gasteiger charge is 2.33. The van der Waals surface area contributed by atoms with Crippen LogP contribution in [0, 0.1) is 20.2 Å². The van der Waals surface area contributed by atoms with Gasteiger partial charge in [-0.2, -0.15) is 0 Å². The normalized spacial score (nSPS) is 18.6. The van der Waals surface area contributed by atoms with E-state index in [1.165, 1.54) is 46.5 Å². The minimum absolute atomic E-state index is 0.0178. The van der Waals surface area contributed by atoms with Gasteiger partial charge in [0.05, 0.1) is 9.85 Å². The molecule has 4 aromatic rings. The molecule has 0 aromatic heterocycles. The maximum absolute atomic E-state index is 12.9. The van der Waals surface area contributed by atoms with Crippen LogP contribution >= 0.6 is 0 Å². The molecule has 2 saturated heterocycles. The van der Waals surface area contributed by atoms with E-state index >= 15 is 0 Å². The van der Waals surface area contributed by atoms with Gasteiger partial charge < -0.3 is 24.8 Å². The zero-order valence-electron chi connectivity index (χ0n) is 26.9. The monoisotopic (exact) mass is 666 g/mol. The van der Waals surface area contributed by atoms with Crippen LogP contribution in [0.25, 0.3) is 11.1 Å². The first-order valence-electron chi connectivity index (χ1n) is 16.5. The average molecular weight is 667 g/mol. The first-order valence-corrected chi connectivity index (χ1v) is 16.5. The summed E-state index contributed by atoms with van der Waals surface area (Å²) in [6.45, 7) is 2.86. The number of nitrogens with zero attached hydrogens (tertiary/aromatic N) is 2. The van der Waals surface area contributed by atoms with Crippen molar-refractivity contribution in [1.29, 1.82) is 0 Å². The first-order chi connectivity index (χ1) is 23.9. The molecular formula is C37H38N4O8. The van der Waals surface area contributed by atoms with Crippen LogP contribution < -0.4 is 20.1 Å². The molecular weight excluding hydrogens is 628 g/mol. The maximum Gasteiger partial charge on any atom is 0.323 e. The second kappa shape index (κ2) is 15.7. The Morgan fingerprint density at radius 2 is 1.16 bits per heavy atom. The number of nitro groups is 2. The molecule has 0 spiro atoms. The molecule has 0 amide bonds. The van der Waals surface area contributed by atoms with Gasteiger partial charge in [-0.25, -0.2) is 0 Å². The summed E-state index contributed by atoms with van der Waals surface area (Å²) in [5.74, 6) is 1.00. The number of esters is 1. The second-order valence-electron chi connectivity index (χ2n) is 12.2. The van der Waals surface area contributed by atoms with E-state index in [2.05, 4.69) is 34.9 Å². The van der Waals surface area contributed by atoms with Gasteiger partial charge >= 0.3 is 5.97 Å². The summed E-state index contributed by atoms with van der Waals surface area (Å²) in [7, 11) is 0. The van der Waals surface area contributed by atoms with Crippen molar-refractivity contribution in [2.45, 2.75) is 49.9 Å². The van der Waals surface area contributed by atoms with Gasteiger partial charge in [0.1, 0.15) is 36.4 Å². The van der Waals surface area contributed by atoms with Gasteiger partial charge in [0.2, 0.25) is 0 Å². The standard InChI is InChI=1S/C26H24N2O5.C11H14N2O3/c29-26(25-15-19(13-14-27-25)33-18-11-9-17(10-12-18)28(30)31)32-16-24-22-7-3-1-5-20(22)21-6-2-4-8-23(21)24;14-13(15)9-1-3-10(4-2-9)16-11-5-7-12-8-6-11/h1-12,19,24-25,27H,13-16H2;1-4,11-12H,5-8H2. The second-order valence-corrected chi connectivity index (χ2v) is 12.2. The van der Waals surface area contributed by atoms with Crippen LogP contribution in [0.3, 0.4) is 0 Å². The van der Waals surface area contributed by atoms with Crippen molar-refractivity contribution in [3.63, 3.8) is 0 Å². The molecule has 12 nitrogen and oxygen atoms in total. The van der Waals surface area contributed by atoms with Crippen molar-refractivity contribution in [2.75, 3.05) is 26.2 Å². The summed E-state index contributed by atoms with van der Waals surface area (Å²) in [6.07, 6.45) is 3.24. The van der Waals surface area contributed by atoms with Crippen molar-refractivity contribution in [3.8, 4) is 22.6 Å². The van der Waals surface area contributed by atoms with Crippen LogP contribution in [0.1, 0.15) is 42.7 Å². The molecule has 49 heavy (non-hydrogen) atoms. The lowest BCUT2D eigenvalue weighted by atomic mass is 9.98. The summed E-state index contributed by atoms with van der Waals surface area (Å²) in [6, 6.07) is 28.3. The zero-order valence-corrected chi connectivity index (χ0v) is 26.9. The Kier molecular flexibility index (Phi) is 10.8. The van der Waals surface area contributed by atoms with Crippen LogP contribution in [-0.2, 0) is 9.53 Å². The number of hydrogen-bond acceptors (Lipinski definition) is 10. The minimum atomic E-state index is -0.450. The number of carbonyl (C=O) groups excluding carboxylic acids is 1. The molecule has 7 rings (SSSR count). The van der Waals surface area contributed by atoms with Crippen LogP contribution in [-0.4, -0.2) is 60.3 Å². The molecule has 3 aliphatic rings. The highest BCUT2D eigenvalue weighted by atomic mass is 16.6. The van der Waals surface area contributed by atoms with Gasteiger partial charge in [0.25, 0.3) is 11.4 Å². The van der Waals surface area contributed by atoms with E-state index in [9.17, 15) is 25.0 Å². The summed E-state index contributed by atoms with van der Waals surface area (Å²) in [4.78, 5) is 33.3. The number of rotatable bonds is 9. The van der Waals surface area contributed by atoms with Crippen LogP contribution in [0.5, 0.6) is 11.5 Å². The quantitative estimate of drug-likeness (QED) is 0.120. The fourth-order valence-corrected chi connectivity index (χ4v) is 6.47. The Hall–Kier alpha value is -5.33. The van der Waals surface area contributed by atoms with E-state index in [0.29, 0.717) is 31.1 Å². The molecule has 2 atom stereocenters. The Labute approximate surface area is 283 Å². The first kappa shape index (κ1) is 33.6. The zero-order chi connectivity index (χ0) is 34.2. The Balaban J connectivity index is 0.000000218. The number of fused-ring (bicyclic) bond motifs is 3. The number of nitrogens with one attached hydrogen (secondary N) is 2. The van der Waals surface area contributed by atoms with Gasteiger partial charge in [-0.1, -0.05) is 48.5 Å². The fraction of sp³-hybridized carbons (Fsp3) is 0.324. The molecule has 254 valence electrons. The van der Waals surface area contributed by atoms with Gasteiger partial charge in [-0.15, -0.1) is 0 Å². The van der Waals surface area contributed by atoms with Crippen LogP contribution in [0.4, 0.5) is 11.4 Å². The lowest BCUT2D eigenvalue weighted by Gasteiger charge is -2.29. The molecule has 4 aromatic carbocycles. The van der Waals surface area contributed by atoms with Crippen molar-refractivity contribution < 1.29 is 28.9 Å². The molecule has 2 fully saturated rings. The number of hydrogen-bond donors (Lipinski definition) is 2. The molecule has 0 radical (unpaired) electrons. The number of carbonyl (C=O) groups is 1. The number of nitro benzene ring substituents is 2. The highest BCUT2D eigenvalue weighted by Crippen LogP contribution is 2.44. The maximum atomic E-state index is 12.9. The number of non-ortho nitro benzene ring substituents is 2. The molecule has 2 unspecified atom stereocenters. The summed E-state index contributed by atoms with van der Waals surface area (Å²) >= 11 is 0. The molecule has 0 bridgehead atoms. The van der Waals surface area contributed by atoms with Gasteiger partial charge in [-0.3, -0.25) is 25.0 Å². The Morgan fingerprint density at radius 3 is 1.69 bits per heavy atom. The molecule has 1 aliphatic carbocycles. The van der Waals surface area contributed by atoms with Crippen LogP contribution in [0.15, 0.2) is 97.1 Å². The van der Waals surface area contributed by atoms with E-state index in [4.69, 9.17) is 14.2 Å². The van der Waals surface area contributed by atoms with Crippen molar-refractivity contribution in [2.24, 2.45) is 0 Å². The highest BCUT2D eigenvalue weighted by molar-refractivity contribution is 5.80. The summed E-state index contributed by atoms with van der Waals surface area (Å²) in [5, 5.41) is 27.8. The third-order valence-electron chi connectivity index (χ3n) is 8.98. The average Bonchev–Trinajstić information content (AvgIpc) is 3.45. The van der Waals surface area contributed by atoms with Crippen molar-refractivity contribution >= 4 is 17.3 Å². The number of piperidine rings is 2. The van der Waals surface area contributed by atoms with E-state index in [-0.39, 0.29) is 35.5 Å². The molecule has 2 N–H and O–H groups in total. The van der Waals surface area contributed by atoms with E-state index in [1.54, 1.807) is 24.3 Å². The molecule has 0 saturated carbocycles. The predicted octanol–water partition coefficient (Wildman–Crippen LogP) is 6.18. The van der Waals surface area contributed by atoms with Crippen molar-refractivity contribution in [1.82, 2.24) is 10.6 Å². The SMILES string of the molecule is O=C(OCC1c2ccccc2-c2ccccc21)C1CC(Oc2ccc([N+](=O)[O-])cc2)CCN1.O=[N+]([O-])c1ccc(OC2CCNCC2)cc1. The van der Waals surface area contributed by atoms with Crippen LogP contribution in [0.2, 0.25) is 0 Å². The Bertz CT molecular complexity index is 1710. The van der Waals surface area contributed by atoms with E-state index in [1.807, 2.05) is 24.3 Å². The number of benzene rings is 4. The topological polar surface area (TPSA) is 155 Å². The lowest BCUT2D eigenvalue weighted by Crippen LogP contribution is -2.47. The van der Waals surface area contributed by atoms with Crippen molar-refractivity contribution in [3.05, 3.63) is 128 Å². The van der Waals surface area contributed by atoms with Gasteiger partial charge in [0, 0.05) is 36.6 Å². The third-order valence-corrected chi connectivity index (χ3v) is 8.98. The molecule has 2 aliphatic heterocycles. The largest absolute Gasteiger partial charge is 0.490 e. The fourth-order valence-electron chi connectivity index (χ4n) is 6.47. The minimum Gasteiger partial charge on any atom is -0.490 e.